The third kappa shape index (κ3) is 3.08. The number of rotatable bonds is 5. The van der Waals surface area contributed by atoms with E-state index in [2.05, 4.69) is 55.7 Å². The molecule has 0 fully saturated rings. The minimum Gasteiger partial charge on any atom is -0.334 e. The normalized spacial score (nSPS) is 14.1. The number of nitrogens with zero attached hydrogens (tertiary/aromatic N) is 2. The van der Waals surface area contributed by atoms with E-state index >= 15 is 0 Å². The second-order valence-corrected chi connectivity index (χ2v) is 5.34. The highest BCUT2D eigenvalue weighted by molar-refractivity contribution is 5.03. The van der Waals surface area contributed by atoms with Gasteiger partial charge < -0.3 is 9.88 Å². The molecule has 0 saturated heterocycles. The zero-order valence-electron chi connectivity index (χ0n) is 11.2. The Bertz CT molecular complexity index is 309. The predicted octanol–water partition coefficient (Wildman–Crippen LogP) is 2.99. The number of aromatic nitrogens is 2. The fourth-order valence-corrected chi connectivity index (χ4v) is 2.00. The fraction of sp³-hybridized carbons (Fsp3) is 0.769. The van der Waals surface area contributed by atoms with Crippen LogP contribution in [0.1, 0.15) is 52.9 Å². The molecule has 0 bridgehead atoms. The van der Waals surface area contributed by atoms with Gasteiger partial charge in [0.15, 0.2) is 0 Å². The van der Waals surface area contributed by atoms with Gasteiger partial charge in [0.05, 0.1) is 6.04 Å². The lowest BCUT2D eigenvalue weighted by Gasteiger charge is -2.31. The predicted molar refractivity (Wildman–Crippen MR) is 68.4 cm³/mol. The van der Waals surface area contributed by atoms with Crippen molar-refractivity contribution < 1.29 is 0 Å². The van der Waals surface area contributed by atoms with Crippen LogP contribution in [-0.2, 0) is 6.54 Å². The summed E-state index contributed by atoms with van der Waals surface area (Å²) >= 11 is 0. The lowest BCUT2D eigenvalue weighted by atomic mass is 9.86. The topological polar surface area (TPSA) is 29.9 Å². The zero-order chi connectivity index (χ0) is 12.2. The van der Waals surface area contributed by atoms with Gasteiger partial charge in [-0.3, -0.25) is 0 Å². The van der Waals surface area contributed by atoms with Crippen LogP contribution in [0.4, 0.5) is 0 Å². The summed E-state index contributed by atoms with van der Waals surface area (Å²) in [6.07, 6.45) is 5.13. The van der Waals surface area contributed by atoms with Crippen LogP contribution in [0.25, 0.3) is 0 Å². The van der Waals surface area contributed by atoms with Gasteiger partial charge in [0.2, 0.25) is 0 Å². The number of hydrogen-bond donors (Lipinski definition) is 1. The Kier molecular flexibility index (Phi) is 4.54. The van der Waals surface area contributed by atoms with E-state index in [0.717, 1.165) is 25.3 Å². The van der Waals surface area contributed by atoms with Crippen molar-refractivity contribution >= 4 is 0 Å². The quantitative estimate of drug-likeness (QED) is 0.831. The van der Waals surface area contributed by atoms with Gasteiger partial charge in [-0.2, -0.15) is 0 Å². The second-order valence-electron chi connectivity index (χ2n) is 5.34. The van der Waals surface area contributed by atoms with Crippen molar-refractivity contribution in [3.63, 3.8) is 0 Å². The van der Waals surface area contributed by atoms with Gasteiger partial charge in [-0.25, -0.2) is 4.98 Å². The standard InChI is InChI=1S/C13H25N3/c1-6-9-16-10-8-15-12(16)11(14-7-2)13(3,4)5/h8,10-11,14H,6-7,9H2,1-5H3. The molecule has 1 rings (SSSR count). The van der Waals surface area contributed by atoms with Crippen molar-refractivity contribution in [1.82, 2.24) is 14.9 Å². The lowest BCUT2D eigenvalue weighted by Crippen LogP contribution is -2.34. The van der Waals surface area contributed by atoms with Crippen molar-refractivity contribution in [3.05, 3.63) is 18.2 Å². The summed E-state index contributed by atoms with van der Waals surface area (Å²) in [5, 5.41) is 3.54. The molecule has 0 spiro atoms. The molecule has 1 aromatic heterocycles. The molecule has 0 amide bonds. The number of hydrogen-bond acceptors (Lipinski definition) is 2. The maximum Gasteiger partial charge on any atom is 0.126 e. The highest BCUT2D eigenvalue weighted by Gasteiger charge is 2.28. The van der Waals surface area contributed by atoms with Gasteiger partial charge in [-0.1, -0.05) is 34.6 Å². The van der Waals surface area contributed by atoms with Crippen molar-refractivity contribution in [2.75, 3.05) is 6.54 Å². The first kappa shape index (κ1) is 13.2. The maximum atomic E-state index is 4.52. The van der Waals surface area contributed by atoms with E-state index in [-0.39, 0.29) is 5.41 Å². The third-order valence-corrected chi connectivity index (χ3v) is 2.74. The summed E-state index contributed by atoms with van der Waals surface area (Å²) in [7, 11) is 0. The van der Waals surface area contributed by atoms with Crippen molar-refractivity contribution in [2.24, 2.45) is 5.41 Å². The SMILES string of the molecule is CCCn1ccnc1C(NCC)C(C)(C)C. The maximum absolute atomic E-state index is 4.52. The van der Waals surface area contributed by atoms with Gasteiger partial charge in [0.25, 0.3) is 0 Å². The molecule has 1 aromatic rings. The molecule has 92 valence electrons. The van der Waals surface area contributed by atoms with E-state index in [9.17, 15) is 0 Å². The largest absolute Gasteiger partial charge is 0.334 e. The van der Waals surface area contributed by atoms with Crippen LogP contribution in [0, 0.1) is 5.41 Å². The summed E-state index contributed by atoms with van der Waals surface area (Å²) in [5.74, 6) is 1.16. The number of imidazole rings is 1. The third-order valence-electron chi connectivity index (χ3n) is 2.74. The molecule has 1 N–H and O–H groups in total. The molecule has 1 atom stereocenters. The van der Waals surface area contributed by atoms with Crippen LogP contribution >= 0.6 is 0 Å². The van der Waals surface area contributed by atoms with Crippen molar-refractivity contribution in [1.29, 1.82) is 0 Å². The molecule has 0 aliphatic rings. The first-order chi connectivity index (χ1) is 7.50. The van der Waals surface area contributed by atoms with E-state index in [4.69, 9.17) is 0 Å². The average molecular weight is 223 g/mol. The smallest absolute Gasteiger partial charge is 0.126 e. The van der Waals surface area contributed by atoms with Gasteiger partial charge in [0, 0.05) is 18.9 Å². The van der Waals surface area contributed by atoms with E-state index in [1.54, 1.807) is 0 Å². The minimum absolute atomic E-state index is 0.187. The van der Waals surface area contributed by atoms with Crippen LogP contribution in [0.2, 0.25) is 0 Å². The van der Waals surface area contributed by atoms with Gasteiger partial charge >= 0.3 is 0 Å². The molecule has 1 unspecified atom stereocenters. The van der Waals surface area contributed by atoms with Crippen LogP contribution < -0.4 is 5.32 Å². The van der Waals surface area contributed by atoms with E-state index in [1.165, 1.54) is 0 Å². The monoisotopic (exact) mass is 223 g/mol. The minimum atomic E-state index is 0.187. The summed E-state index contributed by atoms with van der Waals surface area (Å²) in [6.45, 7) is 13.1. The Morgan fingerprint density at radius 2 is 2.06 bits per heavy atom. The summed E-state index contributed by atoms with van der Waals surface area (Å²) in [4.78, 5) is 4.52. The first-order valence-corrected chi connectivity index (χ1v) is 6.25. The first-order valence-electron chi connectivity index (χ1n) is 6.25. The zero-order valence-corrected chi connectivity index (χ0v) is 11.2. The molecule has 3 nitrogen and oxygen atoms in total. The number of nitrogens with one attached hydrogen (secondary N) is 1. The molecule has 0 radical (unpaired) electrons. The molecule has 0 aromatic carbocycles. The van der Waals surface area contributed by atoms with Gasteiger partial charge in [-0.15, -0.1) is 0 Å². The molecule has 1 heterocycles. The fourth-order valence-electron chi connectivity index (χ4n) is 2.00. The average Bonchev–Trinajstić information content (AvgIpc) is 2.61. The Labute approximate surface area is 99.3 Å². The van der Waals surface area contributed by atoms with E-state index in [1.807, 2.05) is 6.20 Å². The molecule has 16 heavy (non-hydrogen) atoms. The molecular formula is C13H25N3. The molecule has 0 aliphatic carbocycles. The second kappa shape index (κ2) is 5.48. The summed E-state index contributed by atoms with van der Waals surface area (Å²) in [5.41, 5.74) is 0.187. The molecule has 3 heteroatoms. The van der Waals surface area contributed by atoms with Crippen LogP contribution in [0.3, 0.4) is 0 Å². The van der Waals surface area contributed by atoms with Crippen LogP contribution in [-0.4, -0.2) is 16.1 Å². The van der Waals surface area contributed by atoms with E-state index < -0.39 is 0 Å². The lowest BCUT2D eigenvalue weighted by molar-refractivity contribution is 0.259. The van der Waals surface area contributed by atoms with Crippen LogP contribution in [0.5, 0.6) is 0 Å². The Balaban J connectivity index is 2.96. The Hall–Kier alpha value is -0.830. The molecular weight excluding hydrogens is 198 g/mol. The van der Waals surface area contributed by atoms with Gasteiger partial charge in [-0.05, 0) is 18.4 Å². The van der Waals surface area contributed by atoms with Crippen molar-refractivity contribution in [3.8, 4) is 0 Å². The highest BCUT2D eigenvalue weighted by Crippen LogP contribution is 2.31. The summed E-state index contributed by atoms with van der Waals surface area (Å²) < 4.78 is 2.26. The summed E-state index contributed by atoms with van der Waals surface area (Å²) in [6, 6.07) is 0.319. The Morgan fingerprint density at radius 1 is 1.38 bits per heavy atom. The molecule has 0 aliphatic heterocycles. The van der Waals surface area contributed by atoms with Crippen molar-refractivity contribution in [2.45, 2.75) is 53.6 Å². The van der Waals surface area contributed by atoms with Crippen LogP contribution in [0.15, 0.2) is 12.4 Å². The Morgan fingerprint density at radius 3 is 2.56 bits per heavy atom. The van der Waals surface area contributed by atoms with Gasteiger partial charge in [0.1, 0.15) is 5.82 Å². The van der Waals surface area contributed by atoms with E-state index in [0.29, 0.717) is 6.04 Å². The highest BCUT2D eigenvalue weighted by atomic mass is 15.1. The number of aryl methyl sites for hydroxylation is 1. The molecule has 0 saturated carbocycles.